The average Bonchev–Trinajstić information content (AvgIpc) is 2.76. The SMILES string of the molecule is COCCOCCN1CCCC1CNCC(C)C. The molecule has 0 aromatic rings. The predicted molar refractivity (Wildman–Crippen MR) is 75.0 cm³/mol. The summed E-state index contributed by atoms with van der Waals surface area (Å²) in [6.45, 7) is 11.3. The van der Waals surface area contributed by atoms with Gasteiger partial charge in [-0.3, -0.25) is 4.90 Å². The summed E-state index contributed by atoms with van der Waals surface area (Å²) in [5.41, 5.74) is 0. The van der Waals surface area contributed by atoms with Crippen molar-refractivity contribution >= 4 is 0 Å². The minimum Gasteiger partial charge on any atom is -0.382 e. The van der Waals surface area contributed by atoms with Gasteiger partial charge in [0, 0.05) is 26.2 Å². The van der Waals surface area contributed by atoms with E-state index in [9.17, 15) is 0 Å². The second kappa shape index (κ2) is 9.73. The zero-order chi connectivity index (χ0) is 13.2. The highest BCUT2D eigenvalue weighted by atomic mass is 16.5. The van der Waals surface area contributed by atoms with Crippen LogP contribution in [0.3, 0.4) is 0 Å². The molecule has 0 spiro atoms. The summed E-state index contributed by atoms with van der Waals surface area (Å²) in [6, 6.07) is 0.703. The van der Waals surface area contributed by atoms with E-state index in [0.717, 1.165) is 32.2 Å². The minimum atomic E-state index is 0.694. The molecule has 4 nitrogen and oxygen atoms in total. The fraction of sp³-hybridized carbons (Fsp3) is 1.00. The molecule has 18 heavy (non-hydrogen) atoms. The van der Waals surface area contributed by atoms with Crippen LogP contribution in [0.5, 0.6) is 0 Å². The third-order valence-electron chi connectivity index (χ3n) is 3.39. The van der Waals surface area contributed by atoms with Gasteiger partial charge in [-0.15, -0.1) is 0 Å². The van der Waals surface area contributed by atoms with E-state index in [-0.39, 0.29) is 0 Å². The normalized spacial score (nSPS) is 21.0. The molecular formula is C14H30N2O2. The molecule has 1 N–H and O–H groups in total. The Labute approximate surface area is 112 Å². The van der Waals surface area contributed by atoms with Gasteiger partial charge in [0.1, 0.15) is 0 Å². The maximum Gasteiger partial charge on any atom is 0.0700 e. The van der Waals surface area contributed by atoms with E-state index in [0.29, 0.717) is 19.3 Å². The Balaban J connectivity index is 2.07. The third-order valence-corrected chi connectivity index (χ3v) is 3.39. The Hall–Kier alpha value is -0.160. The van der Waals surface area contributed by atoms with Gasteiger partial charge in [-0.25, -0.2) is 0 Å². The van der Waals surface area contributed by atoms with Crippen molar-refractivity contribution in [2.75, 3.05) is 53.1 Å². The monoisotopic (exact) mass is 258 g/mol. The number of nitrogens with zero attached hydrogens (tertiary/aromatic N) is 1. The van der Waals surface area contributed by atoms with Gasteiger partial charge in [-0.05, 0) is 31.8 Å². The first-order valence-electron chi connectivity index (χ1n) is 7.25. The van der Waals surface area contributed by atoms with Crippen molar-refractivity contribution in [2.24, 2.45) is 5.92 Å². The fourth-order valence-corrected chi connectivity index (χ4v) is 2.39. The van der Waals surface area contributed by atoms with E-state index in [1.54, 1.807) is 7.11 Å². The molecule has 0 bridgehead atoms. The highest BCUT2D eigenvalue weighted by molar-refractivity contribution is 4.80. The smallest absolute Gasteiger partial charge is 0.0700 e. The molecule has 0 amide bonds. The summed E-state index contributed by atoms with van der Waals surface area (Å²) < 4.78 is 10.5. The van der Waals surface area contributed by atoms with Crippen LogP contribution in [0.2, 0.25) is 0 Å². The van der Waals surface area contributed by atoms with E-state index in [1.165, 1.54) is 19.4 Å². The first kappa shape index (κ1) is 15.9. The number of nitrogens with one attached hydrogen (secondary N) is 1. The first-order valence-corrected chi connectivity index (χ1v) is 7.25. The molecule has 1 heterocycles. The Kier molecular flexibility index (Phi) is 8.59. The molecule has 0 aliphatic carbocycles. The van der Waals surface area contributed by atoms with E-state index in [2.05, 4.69) is 24.1 Å². The van der Waals surface area contributed by atoms with Crippen LogP contribution in [-0.4, -0.2) is 64.1 Å². The number of hydrogen-bond donors (Lipinski definition) is 1. The van der Waals surface area contributed by atoms with Crippen LogP contribution in [0.4, 0.5) is 0 Å². The Morgan fingerprint density at radius 2 is 2.11 bits per heavy atom. The van der Waals surface area contributed by atoms with Gasteiger partial charge in [0.25, 0.3) is 0 Å². The van der Waals surface area contributed by atoms with Crippen molar-refractivity contribution < 1.29 is 9.47 Å². The Morgan fingerprint density at radius 3 is 2.83 bits per heavy atom. The third kappa shape index (κ3) is 6.69. The molecule has 108 valence electrons. The summed E-state index contributed by atoms with van der Waals surface area (Å²) in [5.74, 6) is 0.734. The van der Waals surface area contributed by atoms with E-state index in [1.807, 2.05) is 0 Å². The van der Waals surface area contributed by atoms with Gasteiger partial charge in [0.15, 0.2) is 0 Å². The lowest BCUT2D eigenvalue weighted by Crippen LogP contribution is -2.40. The van der Waals surface area contributed by atoms with Gasteiger partial charge in [0.05, 0.1) is 19.8 Å². The number of hydrogen-bond acceptors (Lipinski definition) is 4. The van der Waals surface area contributed by atoms with Crippen molar-refractivity contribution in [2.45, 2.75) is 32.7 Å². The molecule has 1 rings (SSSR count). The van der Waals surface area contributed by atoms with Crippen molar-refractivity contribution in [3.8, 4) is 0 Å². The lowest BCUT2D eigenvalue weighted by Gasteiger charge is -2.25. The summed E-state index contributed by atoms with van der Waals surface area (Å²) in [7, 11) is 1.71. The molecule has 4 heteroatoms. The van der Waals surface area contributed by atoms with Gasteiger partial charge in [-0.2, -0.15) is 0 Å². The first-order chi connectivity index (χ1) is 8.74. The molecule has 1 aliphatic rings. The van der Waals surface area contributed by atoms with E-state index >= 15 is 0 Å². The molecule has 0 radical (unpaired) electrons. The molecule has 1 saturated heterocycles. The lowest BCUT2D eigenvalue weighted by atomic mass is 10.2. The Morgan fingerprint density at radius 1 is 1.28 bits per heavy atom. The molecule has 0 aromatic carbocycles. The lowest BCUT2D eigenvalue weighted by molar-refractivity contribution is 0.0552. The standard InChI is InChI=1S/C14H30N2O2/c1-13(2)11-15-12-14-5-4-6-16(14)7-8-18-10-9-17-3/h13-15H,4-12H2,1-3H3. The van der Waals surface area contributed by atoms with Gasteiger partial charge in [-0.1, -0.05) is 13.8 Å². The number of ether oxygens (including phenoxy) is 2. The van der Waals surface area contributed by atoms with Crippen LogP contribution < -0.4 is 5.32 Å². The molecular weight excluding hydrogens is 228 g/mol. The maximum atomic E-state index is 5.54. The van der Waals surface area contributed by atoms with Gasteiger partial charge >= 0.3 is 0 Å². The van der Waals surface area contributed by atoms with Crippen LogP contribution in [0.15, 0.2) is 0 Å². The fourth-order valence-electron chi connectivity index (χ4n) is 2.39. The van der Waals surface area contributed by atoms with Crippen molar-refractivity contribution in [1.29, 1.82) is 0 Å². The van der Waals surface area contributed by atoms with E-state index in [4.69, 9.17) is 9.47 Å². The summed E-state index contributed by atoms with van der Waals surface area (Å²) in [6.07, 6.45) is 2.65. The van der Waals surface area contributed by atoms with Crippen LogP contribution in [0.1, 0.15) is 26.7 Å². The van der Waals surface area contributed by atoms with E-state index < -0.39 is 0 Å². The highest BCUT2D eigenvalue weighted by Gasteiger charge is 2.23. The van der Waals surface area contributed by atoms with Crippen LogP contribution in [0.25, 0.3) is 0 Å². The molecule has 0 saturated carbocycles. The predicted octanol–water partition coefficient (Wildman–Crippen LogP) is 1.36. The zero-order valence-electron chi connectivity index (χ0n) is 12.3. The average molecular weight is 258 g/mol. The van der Waals surface area contributed by atoms with Crippen LogP contribution in [0, 0.1) is 5.92 Å². The largest absolute Gasteiger partial charge is 0.382 e. The number of methoxy groups -OCH3 is 1. The topological polar surface area (TPSA) is 33.7 Å². The molecule has 0 aromatic heterocycles. The number of rotatable bonds is 10. The summed E-state index contributed by atoms with van der Waals surface area (Å²) >= 11 is 0. The second-order valence-electron chi connectivity index (χ2n) is 5.49. The summed E-state index contributed by atoms with van der Waals surface area (Å²) in [5, 5.41) is 3.56. The maximum absolute atomic E-state index is 5.54. The van der Waals surface area contributed by atoms with Crippen molar-refractivity contribution in [3.63, 3.8) is 0 Å². The van der Waals surface area contributed by atoms with Gasteiger partial charge < -0.3 is 14.8 Å². The molecule has 1 unspecified atom stereocenters. The minimum absolute atomic E-state index is 0.694. The quantitative estimate of drug-likeness (QED) is 0.600. The highest BCUT2D eigenvalue weighted by Crippen LogP contribution is 2.15. The molecule has 1 atom stereocenters. The van der Waals surface area contributed by atoms with Crippen LogP contribution >= 0.6 is 0 Å². The zero-order valence-corrected chi connectivity index (χ0v) is 12.3. The molecule has 1 aliphatic heterocycles. The molecule has 1 fully saturated rings. The van der Waals surface area contributed by atoms with Gasteiger partial charge in [0.2, 0.25) is 0 Å². The second-order valence-corrected chi connectivity index (χ2v) is 5.49. The Bertz CT molecular complexity index is 200. The van der Waals surface area contributed by atoms with Crippen molar-refractivity contribution in [1.82, 2.24) is 10.2 Å². The number of likely N-dealkylation sites (tertiary alicyclic amines) is 1. The van der Waals surface area contributed by atoms with Crippen molar-refractivity contribution in [3.05, 3.63) is 0 Å². The van der Waals surface area contributed by atoms with Crippen LogP contribution in [-0.2, 0) is 9.47 Å². The summed E-state index contributed by atoms with van der Waals surface area (Å²) in [4.78, 5) is 2.56.